The lowest BCUT2D eigenvalue weighted by Gasteiger charge is -2.26. The van der Waals surface area contributed by atoms with Crippen molar-refractivity contribution in [1.29, 1.82) is 0 Å². The average Bonchev–Trinajstić information content (AvgIpc) is 2.57. The minimum atomic E-state index is -0.467. The summed E-state index contributed by atoms with van der Waals surface area (Å²) in [6.45, 7) is 4.65. The number of carbonyl (C=O) groups excluding carboxylic acids is 2. The highest BCUT2D eigenvalue weighted by Crippen LogP contribution is 2.35. The minimum Gasteiger partial charge on any atom is -0.399 e. The molecule has 0 unspecified atom stereocenters. The maximum absolute atomic E-state index is 12.5. The van der Waals surface area contributed by atoms with Crippen LogP contribution < -0.4 is 11.1 Å². The second-order valence-corrected chi connectivity index (χ2v) is 5.23. The molecule has 0 radical (unpaired) electrons. The number of benzene rings is 1. The Labute approximate surface area is 117 Å². The van der Waals surface area contributed by atoms with Crippen molar-refractivity contribution in [1.82, 2.24) is 10.2 Å². The van der Waals surface area contributed by atoms with Gasteiger partial charge in [-0.15, -0.1) is 0 Å². The molecule has 1 fully saturated rings. The van der Waals surface area contributed by atoms with Gasteiger partial charge in [-0.1, -0.05) is 6.58 Å². The van der Waals surface area contributed by atoms with Gasteiger partial charge in [-0.3, -0.25) is 14.5 Å². The largest absolute Gasteiger partial charge is 0.399 e. The molecule has 0 aromatic heterocycles. The van der Waals surface area contributed by atoms with Gasteiger partial charge < -0.3 is 11.1 Å². The fourth-order valence-electron chi connectivity index (χ4n) is 2.87. The molecule has 3 N–H and O–H groups in total. The number of hydrogen-bond acceptors (Lipinski definition) is 3. The van der Waals surface area contributed by atoms with E-state index in [2.05, 4.69) is 11.9 Å². The van der Waals surface area contributed by atoms with Gasteiger partial charge in [0.1, 0.15) is 6.04 Å². The van der Waals surface area contributed by atoms with Crippen LogP contribution in [-0.4, -0.2) is 29.3 Å². The Balaban J connectivity index is 1.98. The van der Waals surface area contributed by atoms with E-state index in [9.17, 15) is 9.59 Å². The summed E-state index contributed by atoms with van der Waals surface area (Å²) in [5.74, 6) is -0.259. The molecule has 1 aromatic rings. The SMILES string of the molecule is C=C1c2cc(N)ccc2C(=O)N1[C@H]1CCCCNC1=O. The van der Waals surface area contributed by atoms with Crippen molar-refractivity contribution in [2.45, 2.75) is 25.3 Å². The number of anilines is 1. The lowest BCUT2D eigenvalue weighted by Crippen LogP contribution is -2.45. The molecule has 2 aliphatic heterocycles. The Morgan fingerprint density at radius 1 is 1.25 bits per heavy atom. The molecule has 0 bridgehead atoms. The van der Waals surface area contributed by atoms with E-state index >= 15 is 0 Å². The van der Waals surface area contributed by atoms with E-state index in [-0.39, 0.29) is 11.8 Å². The summed E-state index contributed by atoms with van der Waals surface area (Å²) < 4.78 is 0. The Hall–Kier alpha value is -2.30. The van der Waals surface area contributed by atoms with Crippen LogP contribution in [0.1, 0.15) is 35.2 Å². The monoisotopic (exact) mass is 271 g/mol. The van der Waals surface area contributed by atoms with Crippen LogP contribution in [0.4, 0.5) is 5.69 Å². The summed E-state index contributed by atoms with van der Waals surface area (Å²) in [4.78, 5) is 26.2. The lowest BCUT2D eigenvalue weighted by molar-refractivity contribution is -0.124. The van der Waals surface area contributed by atoms with Crippen molar-refractivity contribution >= 4 is 23.2 Å². The van der Waals surface area contributed by atoms with Gasteiger partial charge in [-0.25, -0.2) is 0 Å². The molecule has 5 nitrogen and oxygen atoms in total. The van der Waals surface area contributed by atoms with E-state index in [0.717, 1.165) is 18.4 Å². The molecule has 1 aromatic carbocycles. The van der Waals surface area contributed by atoms with Gasteiger partial charge in [0, 0.05) is 29.1 Å². The molecule has 3 rings (SSSR count). The van der Waals surface area contributed by atoms with Crippen LogP contribution in [0.25, 0.3) is 5.70 Å². The minimum absolute atomic E-state index is 0.0993. The van der Waals surface area contributed by atoms with E-state index in [0.29, 0.717) is 29.9 Å². The highest BCUT2D eigenvalue weighted by molar-refractivity contribution is 6.11. The van der Waals surface area contributed by atoms with Crippen molar-refractivity contribution in [2.75, 3.05) is 12.3 Å². The van der Waals surface area contributed by atoms with E-state index in [4.69, 9.17) is 5.73 Å². The van der Waals surface area contributed by atoms with Crippen molar-refractivity contribution in [2.24, 2.45) is 0 Å². The van der Waals surface area contributed by atoms with Gasteiger partial charge in [-0.05, 0) is 37.5 Å². The predicted octanol–water partition coefficient (Wildman–Crippen LogP) is 1.36. The fourth-order valence-corrected chi connectivity index (χ4v) is 2.87. The second-order valence-electron chi connectivity index (χ2n) is 5.23. The molecule has 2 heterocycles. The highest BCUT2D eigenvalue weighted by atomic mass is 16.2. The maximum atomic E-state index is 12.5. The summed E-state index contributed by atoms with van der Waals surface area (Å²) in [6, 6.07) is 4.67. The molecule has 0 spiro atoms. The molecule has 5 heteroatoms. The van der Waals surface area contributed by atoms with Crippen LogP contribution in [0, 0.1) is 0 Å². The molecule has 0 aliphatic carbocycles. The molecule has 104 valence electrons. The number of amides is 2. The normalized spacial score (nSPS) is 22.5. The molecule has 2 aliphatic rings. The van der Waals surface area contributed by atoms with Gasteiger partial charge in [0.15, 0.2) is 0 Å². The zero-order valence-corrected chi connectivity index (χ0v) is 11.2. The first-order valence-corrected chi connectivity index (χ1v) is 6.79. The zero-order valence-electron chi connectivity index (χ0n) is 11.2. The molecular formula is C15H17N3O2. The quantitative estimate of drug-likeness (QED) is 0.757. The van der Waals surface area contributed by atoms with E-state index in [1.54, 1.807) is 18.2 Å². The van der Waals surface area contributed by atoms with E-state index < -0.39 is 6.04 Å². The standard InChI is InChI=1S/C15H17N3O2/c1-9-12-8-10(16)5-6-11(12)15(20)18(9)13-4-2-3-7-17-14(13)19/h5-6,8,13H,1-4,7,16H2,(H,17,19)/t13-/m0/s1. The summed E-state index contributed by atoms with van der Waals surface area (Å²) in [5.41, 5.74) is 8.22. The molecule has 2 amide bonds. The lowest BCUT2D eigenvalue weighted by atomic mass is 10.1. The predicted molar refractivity (Wildman–Crippen MR) is 76.7 cm³/mol. The average molecular weight is 271 g/mol. The van der Waals surface area contributed by atoms with Crippen LogP contribution in [0.15, 0.2) is 24.8 Å². The maximum Gasteiger partial charge on any atom is 0.259 e. The number of rotatable bonds is 1. The fraction of sp³-hybridized carbons (Fsp3) is 0.333. The van der Waals surface area contributed by atoms with Crippen LogP contribution in [0.2, 0.25) is 0 Å². The summed E-state index contributed by atoms with van der Waals surface area (Å²) in [6.07, 6.45) is 2.52. The second kappa shape index (κ2) is 4.67. The number of nitrogen functional groups attached to an aromatic ring is 1. The smallest absolute Gasteiger partial charge is 0.259 e. The third kappa shape index (κ3) is 1.86. The first-order chi connectivity index (χ1) is 9.59. The van der Waals surface area contributed by atoms with Gasteiger partial charge in [0.2, 0.25) is 5.91 Å². The Bertz CT molecular complexity index is 609. The third-order valence-electron chi connectivity index (χ3n) is 3.91. The highest BCUT2D eigenvalue weighted by Gasteiger charge is 2.39. The number of nitrogens with zero attached hydrogens (tertiary/aromatic N) is 1. The van der Waals surface area contributed by atoms with Crippen molar-refractivity contribution in [3.8, 4) is 0 Å². The van der Waals surface area contributed by atoms with Crippen LogP contribution >= 0.6 is 0 Å². The number of nitrogens with one attached hydrogen (secondary N) is 1. The molecular weight excluding hydrogens is 254 g/mol. The topological polar surface area (TPSA) is 75.4 Å². The molecule has 0 saturated carbocycles. The van der Waals surface area contributed by atoms with Gasteiger partial charge in [0.25, 0.3) is 5.91 Å². The first-order valence-electron chi connectivity index (χ1n) is 6.79. The van der Waals surface area contributed by atoms with Crippen molar-refractivity contribution < 1.29 is 9.59 Å². The number of hydrogen-bond donors (Lipinski definition) is 2. The van der Waals surface area contributed by atoms with Crippen molar-refractivity contribution in [3.63, 3.8) is 0 Å². The Morgan fingerprint density at radius 2 is 2.05 bits per heavy atom. The summed E-state index contributed by atoms with van der Waals surface area (Å²) in [7, 11) is 0. The Morgan fingerprint density at radius 3 is 2.85 bits per heavy atom. The number of carbonyl (C=O) groups is 2. The third-order valence-corrected chi connectivity index (χ3v) is 3.91. The van der Waals surface area contributed by atoms with Gasteiger partial charge in [0.05, 0.1) is 0 Å². The first kappa shape index (κ1) is 12.7. The molecule has 20 heavy (non-hydrogen) atoms. The Kier molecular flexibility index (Phi) is 2.97. The van der Waals surface area contributed by atoms with E-state index in [1.165, 1.54) is 4.90 Å². The van der Waals surface area contributed by atoms with Crippen molar-refractivity contribution in [3.05, 3.63) is 35.9 Å². The van der Waals surface area contributed by atoms with E-state index in [1.807, 2.05) is 0 Å². The van der Waals surface area contributed by atoms with Gasteiger partial charge in [-0.2, -0.15) is 0 Å². The zero-order chi connectivity index (χ0) is 14.3. The summed E-state index contributed by atoms with van der Waals surface area (Å²) in [5, 5.41) is 2.85. The van der Waals surface area contributed by atoms with Crippen LogP contribution in [-0.2, 0) is 4.79 Å². The molecule has 1 atom stereocenters. The summed E-state index contributed by atoms with van der Waals surface area (Å²) >= 11 is 0. The van der Waals surface area contributed by atoms with Crippen LogP contribution in [0.3, 0.4) is 0 Å². The molecule has 1 saturated heterocycles. The van der Waals surface area contributed by atoms with Gasteiger partial charge >= 0.3 is 0 Å². The number of nitrogens with two attached hydrogens (primary N) is 1. The number of fused-ring (bicyclic) bond motifs is 1. The van der Waals surface area contributed by atoms with Crippen LogP contribution in [0.5, 0.6) is 0 Å².